The van der Waals surface area contributed by atoms with Crippen LogP contribution >= 0.6 is 0 Å². The third-order valence-electron chi connectivity index (χ3n) is 2.59. The molecule has 0 bridgehead atoms. The number of hydrogen-bond donors (Lipinski definition) is 0. The van der Waals surface area contributed by atoms with Crippen molar-refractivity contribution in [2.24, 2.45) is 0 Å². The van der Waals surface area contributed by atoms with Crippen molar-refractivity contribution >= 4 is 11.8 Å². The Kier molecular flexibility index (Phi) is 4.38. The van der Waals surface area contributed by atoms with Crippen LogP contribution < -0.4 is 4.90 Å². The van der Waals surface area contributed by atoms with Crippen LogP contribution in [0.2, 0.25) is 0 Å². The maximum Gasteiger partial charge on any atom is 0.414 e. The van der Waals surface area contributed by atoms with Crippen LogP contribution in [0, 0.1) is 0 Å². The van der Waals surface area contributed by atoms with E-state index in [1.165, 1.54) is 10.5 Å². The fraction of sp³-hybridized carbons (Fsp3) is 0.533. The predicted octanol–water partition coefficient (Wildman–Crippen LogP) is 4.18. The molecule has 3 nitrogen and oxygen atoms in total. The van der Waals surface area contributed by atoms with Gasteiger partial charge in [0.1, 0.15) is 5.60 Å². The number of amides is 1. The molecule has 0 unspecified atom stereocenters. The molecule has 0 heterocycles. The van der Waals surface area contributed by atoms with Gasteiger partial charge < -0.3 is 4.74 Å². The average molecular weight is 249 g/mol. The van der Waals surface area contributed by atoms with E-state index in [1.807, 2.05) is 39.0 Å². The first-order valence-electron chi connectivity index (χ1n) is 6.27. The second kappa shape index (κ2) is 5.42. The molecular formula is C15H23NO2. The molecule has 0 aromatic heterocycles. The lowest BCUT2D eigenvalue weighted by atomic mass is 10.0. The van der Waals surface area contributed by atoms with Crippen LogP contribution in [0.15, 0.2) is 24.3 Å². The molecule has 0 atom stereocenters. The van der Waals surface area contributed by atoms with Gasteiger partial charge in [-0.15, -0.1) is 0 Å². The van der Waals surface area contributed by atoms with Crippen molar-refractivity contribution in [3.8, 4) is 0 Å². The van der Waals surface area contributed by atoms with Gasteiger partial charge in [-0.1, -0.05) is 26.0 Å². The highest BCUT2D eigenvalue weighted by atomic mass is 16.6. The van der Waals surface area contributed by atoms with Crippen molar-refractivity contribution in [3.63, 3.8) is 0 Å². The Bertz CT molecular complexity index is 419. The van der Waals surface area contributed by atoms with E-state index in [0.717, 1.165) is 5.69 Å². The second-order valence-corrected chi connectivity index (χ2v) is 5.79. The second-order valence-electron chi connectivity index (χ2n) is 5.79. The van der Waals surface area contributed by atoms with Crippen LogP contribution in [0.25, 0.3) is 0 Å². The summed E-state index contributed by atoms with van der Waals surface area (Å²) in [6.45, 7) is 9.86. The highest BCUT2D eigenvalue weighted by molar-refractivity contribution is 5.87. The van der Waals surface area contributed by atoms with E-state index in [0.29, 0.717) is 5.92 Å². The quantitative estimate of drug-likeness (QED) is 0.786. The van der Waals surface area contributed by atoms with Crippen LogP contribution in [0.4, 0.5) is 10.5 Å². The van der Waals surface area contributed by atoms with Crippen LogP contribution in [0.1, 0.15) is 46.1 Å². The Morgan fingerprint density at radius 1 is 1.28 bits per heavy atom. The molecule has 100 valence electrons. The minimum absolute atomic E-state index is 0.330. The minimum Gasteiger partial charge on any atom is -0.443 e. The number of ether oxygens (including phenoxy) is 1. The molecule has 18 heavy (non-hydrogen) atoms. The van der Waals surface area contributed by atoms with E-state index in [2.05, 4.69) is 19.9 Å². The number of carbonyl (C=O) groups is 1. The Morgan fingerprint density at radius 3 is 2.39 bits per heavy atom. The van der Waals surface area contributed by atoms with Crippen LogP contribution in [0.5, 0.6) is 0 Å². The Labute approximate surface area is 110 Å². The topological polar surface area (TPSA) is 29.5 Å². The van der Waals surface area contributed by atoms with Crippen molar-refractivity contribution in [2.45, 2.75) is 46.1 Å². The molecule has 3 heteroatoms. The molecule has 1 rings (SSSR count). The Hall–Kier alpha value is -1.51. The first-order valence-corrected chi connectivity index (χ1v) is 6.27. The van der Waals surface area contributed by atoms with E-state index in [4.69, 9.17) is 4.74 Å². The molecule has 0 aliphatic carbocycles. The molecule has 0 radical (unpaired) electrons. The minimum atomic E-state index is -0.471. The van der Waals surface area contributed by atoms with Crippen molar-refractivity contribution in [3.05, 3.63) is 29.8 Å². The van der Waals surface area contributed by atoms with Crippen molar-refractivity contribution in [1.29, 1.82) is 0 Å². The van der Waals surface area contributed by atoms with E-state index >= 15 is 0 Å². The van der Waals surface area contributed by atoms with Gasteiger partial charge >= 0.3 is 6.09 Å². The summed E-state index contributed by atoms with van der Waals surface area (Å²) in [6, 6.07) is 7.97. The largest absolute Gasteiger partial charge is 0.443 e. The molecule has 0 aliphatic heterocycles. The van der Waals surface area contributed by atoms with Gasteiger partial charge in [-0.05, 0) is 44.4 Å². The maximum absolute atomic E-state index is 11.9. The van der Waals surface area contributed by atoms with Gasteiger partial charge in [0.25, 0.3) is 0 Å². The third kappa shape index (κ3) is 4.06. The molecule has 1 amide bonds. The summed E-state index contributed by atoms with van der Waals surface area (Å²) in [7, 11) is 1.73. The van der Waals surface area contributed by atoms with E-state index in [9.17, 15) is 4.79 Å². The Morgan fingerprint density at radius 2 is 1.89 bits per heavy atom. The number of anilines is 1. The summed E-state index contributed by atoms with van der Waals surface area (Å²) in [4.78, 5) is 13.5. The molecule has 0 aliphatic rings. The molecule has 1 aromatic carbocycles. The fourth-order valence-corrected chi connectivity index (χ4v) is 1.53. The van der Waals surface area contributed by atoms with Gasteiger partial charge in [-0.25, -0.2) is 4.79 Å². The maximum atomic E-state index is 11.9. The first kappa shape index (κ1) is 14.6. The van der Waals surface area contributed by atoms with Crippen molar-refractivity contribution < 1.29 is 9.53 Å². The zero-order chi connectivity index (χ0) is 13.9. The molecule has 0 fully saturated rings. The smallest absolute Gasteiger partial charge is 0.414 e. The SMILES string of the molecule is CC(C)c1cccc(N(C)C(=O)OC(C)(C)C)c1. The summed E-state index contributed by atoms with van der Waals surface area (Å²) in [6.07, 6.45) is -0.330. The highest BCUT2D eigenvalue weighted by Gasteiger charge is 2.20. The summed E-state index contributed by atoms with van der Waals surface area (Å²) in [5.41, 5.74) is 1.60. The molecule has 0 saturated carbocycles. The number of hydrogen-bond acceptors (Lipinski definition) is 2. The average Bonchev–Trinajstić information content (AvgIpc) is 2.26. The summed E-state index contributed by atoms with van der Waals surface area (Å²) in [5.74, 6) is 0.442. The van der Waals surface area contributed by atoms with Crippen molar-refractivity contribution in [2.75, 3.05) is 11.9 Å². The summed E-state index contributed by atoms with van der Waals surface area (Å²) >= 11 is 0. The van der Waals surface area contributed by atoms with Gasteiger partial charge in [0.2, 0.25) is 0 Å². The lowest BCUT2D eigenvalue weighted by Gasteiger charge is -2.25. The molecule has 1 aromatic rings. The van der Waals surface area contributed by atoms with Crippen LogP contribution in [0.3, 0.4) is 0 Å². The summed E-state index contributed by atoms with van der Waals surface area (Å²) < 4.78 is 5.34. The van der Waals surface area contributed by atoms with Crippen LogP contribution in [-0.2, 0) is 4.74 Å². The fourth-order valence-electron chi connectivity index (χ4n) is 1.53. The molecule has 0 spiro atoms. The van der Waals surface area contributed by atoms with Gasteiger partial charge in [0.05, 0.1) is 0 Å². The van der Waals surface area contributed by atoms with Gasteiger partial charge in [-0.2, -0.15) is 0 Å². The zero-order valence-electron chi connectivity index (χ0n) is 12.2. The standard InChI is InChI=1S/C15H23NO2/c1-11(2)12-8-7-9-13(10-12)16(6)14(17)18-15(3,4)5/h7-11H,1-6H3. The number of nitrogens with zero attached hydrogens (tertiary/aromatic N) is 1. The number of rotatable bonds is 2. The normalized spacial score (nSPS) is 11.5. The van der Waals surface area contributed by atoms with Crippen molar-refractivity contribution in [1.82, 2.24) is 0 Å². The number of carbonyl (C=O) groups excluding carboxylic acids is 1. The zero-order valence-corrected chi connectivity index (χ0v) is 12.2. The first-order chi connectivity index (χ1) is 8.20. The summed E-state index contributed by atoms with van der Waals surface area (Å²) in [5, 5.41) is 0. The lowest BCUT2D eigenvalue weighted by Crippen LogP contribution is -2.34. The molecule has 0 N–H and O–H groups in total. The van der Waals surface area contributed by atoms with E-state index < -0.39 is 5.60 Å². The molecule has 0 saturated heterocycles. The predicted molar refractivity (Wildman–Crippen MR) is 75.2 cm³/mol. The van der Waals surface area contributed by atoms with Gasteiger partial charge in [-0.3, -0.25) is 4.90 Å². The lowest BCUT2D eigenvalue weighted by molar-refractivity contribution is 0.0589. The van der Waals surface area contributed by atoms with E-state index in [1.54, 1.807) is 7.05 Å². The Balaban J connectivity index is 2.87. The monoisotopic (exact) mass is 249 g/mol. The van der Waals surface area contributed by atoms with Gasteiger partial charge in [0, 0.05) is 12.7 Å². The van der Waals surface area contributed by atoms with E-state index in [-0.39, 0.29) is 6.09 Å². The van der Waals surface area contributed by atoms with Crippen LogP contribution in [-0.4, -0.2) is 18.7 Å². The highest BCUT2D eigenvalue weighted by Crippen LogP contribution is 2.22. The van der Waals surface area contributed by atoms with Gasteiger partial charge in [0.15, 0.2) is 0 Å². The number of benzene rings is 1. The third-order valence-corrected chi connectivity index (χ3v) is 2.59. The molecular weight excluding hydrogens is 226 g/mol.